The van der Waals surface area contributed by atoms with Gasteiger partial charge in [0.05, 0.1) is 14.0 Å². The lowest BCUT2D eigenvalue weighted by molar-refractivity contribution is -0.132. The van der Waals surface area contributed by atoms with E-state index in [1.54, 1.807) is 6.92 Å². The fourth-order valence-corrected chi connectivity index (χ4v) is 4.79. The Morgan fingerprint density at radius 3 is 2.31 bits per heavy atom. The second-order valence-corrected chi connectivity index (χ2v) is 8.15. The van der Waals surface area contributed by atoms with E-state index in [2.05, 4.69) is 13.1 Å². The number of hydrogen-bond donors (Lipinski definition) is 1. The molecule has 1 saturated heterocycles. The zero-order valence-electron chi connectivity index (χ0n) is 10.7. The van der Waals surface area contributed by atoms with E-state index in [1.165, 1.54) is 0 Å². The van der Waals surface area contributed by atoms with Crippen LogP contribution in [0.25, 0.3) is 0 Å². The summed E-state index contributed by atoms with van der Waals surface area (Å²) in [7, 11) is -1.09. The Balaban J connectivity index is 3.11. The zero-order chi connectivity index (χ0) is 12.3. The maximum atomic E-state index is 11.1. The van der Waals surface area contributed by atoms with Gasteiger partial charge in [-0.05, 0) is 38.7 Å². The first-order chi connectivity index (χ1) is 7.42. The molecule has 0 aromatic rings. The van der Waals surface area contributed by atoms with Gasteiger partial charge >= 0.3 is 5.97 Å². The lowest BCUT2D eigenvalue weighted by atomic mass is 9.97. The summed E-state index contributed by atoms with van der Waals surface area (Å²) in [6, 6.07) is 0. The number of aliphatic carboxylic acids is 1. The van der Waals surface area contributed by atoms with Crippen LogP contribution in [0.15, 0.2) is 11.1 Å². The first-order valence-electron chi connectivity index (χ1n) is 5.97. The maximum Gasteiger partial charge on any atom is 0.331 e. The standard InChI is InChI=1S/C12H22O3Si/c1-9(11(13)14)10(2)12(16(3)4)7-5-6-8-15-12/h16H,5-8H2,1-4H3,(H,13,14). The highest BCUT2D eigenvalue weighted by molar-refractivity contribution is 6.60. The molecule has 4 heteroatoms. The predicted octanol–water partition coefficient (Wildman–Crippen LogP) is 2.37. The monoisotopic (exact) mass is 242 g/mol. The van der Waals surface area contributed by atoms with Gasteiger partial charge in [-0.25, -0.2) is 4.79 Å². The largest absolute Gasteiger partial charge is 0.478 e. The van der Waals surface area contributed by atoms with Crippen molar-refractivity contribution in [3.05, 3.63) is 11.1 Å². The number of hydrogen-bond acceptors (Lipinski definition) is 2. The Morgan fingerprint density at radius 1 is 1.31 bits per heavy atom. The van der Waals surface area contributed by atoms with Gasteiger partial charge in [0.15, 0.2) is 0 Å². The Bertz CT molecular complexity index is 301. The van der Waals surface area contributed by atoms with Crippen LogP contribution in [0.1, 0.15) is 33.1 Å². The van der Waals surface area contributed by atoms with Gasteiger partial charge in [0.25, 0.3) is 0 Å². The minimum absolute atomic E-state index is 0.222. The van der Waals surface area contributed by atoms with E-state index in [0.717, 1.165) is 31.4 Å². The smallest absolute Gasteiger partial charge is 0.331 e. The Hall–Kier alpha value is -0.613. The molecule has 0 spiro atoms. The fraction of sp³-hybridized carbons (Fsp3) is 0.750. The van der Waals surface area contributed by atoms with Crippen LogP contribution in [0, 0.1) is 0 Å². The topological polar surface area (TPSA) is 46.5 Å². The molecule has 0 radical (unpaired) electrons. The van der Waals surface area contributed by atoms with Crippen LogP contribution in [-0.4, -0.2) is 31.7 Å². The van der Waals surface area contributed by atoms with E-state index in [0.29, 0.717) is 5.57 Å². The number of carboxylic acids is 1. The fourth-order valence-electron chi connectivity index (χ4n) is 2.48. The first kappa shape index (κ1) is 13.5. The van der Waals surface area contributed by atoms with Crippen LogP contribution in [0.5, 0.6) is 0 Å². The SMILES string of the molecule is CC(C(=O)O)=C(C)C1([SiH](C)C)CCCCO1. The molecule has 0 saturated carbocycles. The molecule has 0 amide bonds. The molecular weight excluding hydrogens is 220 g/mol. The van der Waals surface area contributed by atoms with E-state index < -0.39 is 14.8 Å². The molecule has 1 N–H and O–H groups in total. The van der Waals surface area contributed by atoms with Gasteiger partial charge in [-0.1, -0.05) is 13.1 Å². The van der Waals surface area contributed by atoms with Crippen LogP contribution < -0.4 is 0 Å². The van der Waals surface area contributed by atoms with Crippen LogP contribution in [0.4, 0.5) is 0 Å². The Morgan fingerprint density at radius 2 is 1.94 bits per heavy atom. The van der Waals surface area contributed by atoms with E-state index in [1.807, 2.05) is 6.92 Å². The van der Waals surface area contributed by atoms with E-state index in [4.69, 9.17) is 9.84 Å². The minimum Gasteiger partial charge on any atom is -0.478 e. The molecule has 1 aliphatic rings. The summed E-state index contributed by atoms with van der Waals surface area (Å²) in [5.41, 5.74) is 1.41. The second kappa shape index (κ2) is 5.14. The van der Waals surface area contributed by atoms with Crippen molar-refractivity contribution in [2.24, 2.45) is 0 Å². The van der Waals surface area contributed by atoms with Gasteiger partial charge in [-0.2, -0.15) is 0 Å². The molecule has 1 rings (SSSR count). The Labute approximate surface area is 99.1 Å². The summed E-state index contributed by atoms with van der Waals surface area (Å²) in [5.74, 6) is -0.819. The number of carboxylic acid groups (broad SMARTS) is 1. The molecular formula is C12H22O3Si. The summed E-state index contributed by atoms with van der Waals surface area (Å²) < 4.78 is 6.00. The molecule has 1 fully saturated rings. The molecule has 16 heavy (non-hydrogen) atoms. The lowest BCUT2D eigenvalue weighted by Crippen LogP contribution is -2.49. The second-order valence-electron chi connectivity index (χ2n) is 4.90. The molecule has 3 nitrogen and oxygen atoms in total. The highest BCUT2D eigenvalue weighted by atomic mass is 28.3. The van der Waals surface area contributed by atoms with Crippen molar-refractivity contribution in [3.63, 3.8) is 0 Å². The third kappa shape index (κ3) is 2.38. The molecule has 1 heterocycles. The molecule has 0 bridgehead atoms. The average molecular weight is 242 g/mol. The van der Waals surface area contributed by atoms with Crippen LogP contribution in [-0.2, 0) is 9.53 Å². The van der Waals surface area contributed by atoms with Gasteiger partial charge in [0.1, 0.15) is 0 Å². The zero-order valence-corrected chi connectivity index (χ0v) is 11.8. The predicted molar refractivity (Wildman–Crippen MR) is 67.4 cm³/mol. The van der Waals surface area contributed by atoms with Crippen molar-refractivity contribution in [1.29, 1.82) is 0 Å². The number of rotatable bonds is 3. The molecule has 1 unspecified atom stereocenters. The molecule has 1 atom stereocenters. The van der Waals surface area contributed by atoms with E-state index in [-0.39, 0.29) is 5.22 Å². The first-order valence-corrected chi connectivity index (χ1v) is 8.85. The highest BCUT2D eigenvalue weighted by Crippen LogP contribution is 2.35. The Kier molecular flexibility index (Phi) is 4.33. The summed E-state index contributed by atoms with van der Waals surface area (Å²) in [6.45, 7) is 8.87. The number of ether oxygens (including phenoxy) is 1. The van der Waals surface area contributed by atoms with Crippen molar-refractivity contribution in [1.82, 2.24) is 0 Å². The average Bonchev–Trinajstić information content (AvgIpc) is 2.27. The summed E-state index contributed by atoms with van der Waals surface area (Å²) >= 11 is 0. The third-order valence-electron chi connectivity index (χ3n) is 3.75. The van der Waals surface area contributed by atoms with Gasteiger partial charge < -0.3 is 9.84 Å². The molecule has 0 aliphatic carbocycles. The van der Waals surface area contributed by atoms with Crippen LogP contribution >= 0.6 is 0 Å². The normalized spacial score (nSPS) is 27.8. The maximum absolute atomic E-state index is 11.1. The molecule has 0 aromatic carbocycles. The van der Waals surface area contributed by atoms with Crippen LogP contribution in [0.3, 0.4) is 0 Å². The van der Waals surface area contributed by atoms with Crippen molar-refractivity contribution >= 4 is 14.8 Å². The van der Waals surface area contributed by atoms with Gasteiger partial charge in [0.2, 0.25) is 0 Å². The van der Waals surface area contributed by atoms with Crippen molar-refractivity contribution in [2.75, 3.05) is 6.61 Å². The van der Waals surface area contributed by atoms with Gasteiger partial charge in [-0.3, -0.25) is 0 Å². The van der Waals surface area contributed by atoms with Gasteiger partial charge in [0, 0.05) is 12.2 Å². The molecule has 0 aromatic heterocycles. The molecule has 1 aliphatic heterocycles. The van der Waals surface area contributed by atoms with E-state index in [9.17, 15) is 4.79 Å². The van der Waals surface area contributed by atoms with Crippen LogP contribution in [0.2, 0.25) is 13.1 Å². The highest BCUT2D eigenvalue weighted by Gasteiger charge is 2.40. The van der Waals surface area contributed by atoms with Crippen molar-refractivity contribution in [2.45, 2.75) is 51.4 Å². The molecule has 92 valence electrons. The number of carbonyl (C=O) groups is 1. The summed E-state index contributed by atoms with van der Waals surface area (Å²) in [6.07, 6.45) is 3.24. The van der Waals surface area contributed by atoms with Crippen molar-refractivity contribution < 1.29 is 14.6 Å². The van der Waals surface area contributed by atoms with Gasteiger partial charge in [-0.15, -0.1) is 0 Å². The summed E-state index contributed by atoms with van der Waals surface area (Å²) in [4.78, 5) is 11.1. The lowest BCUT2D eigenvalue weighted by Gasteiger charge is -2.42. The van der Waals surface area contributed by atoms with Crippen molar-refractivity contribution in [3.8, 4) is 0 Å². The summed E-state index contributed by atoms with van der Waals surface area (Å²) in [5, 5.41) is 8.86. The minimum atomic E-state index is -1.09. The third-order valence-corrected chi connectivity index (χ3v) is 6.51. The van der Waals surface area contributed by atoms with E-state index >= 15 is 0 Å². The quantitative estimate of drug-likeness (QED) is 0.610.